The van der Waals surface area contributed by atoms with Gasteiger partial charge in [0, 0.05) is 11.4 Å². The van der Waals surface area contributed by atoms with Crippen molar-refractivity contribution in [3.63, 3.8) is 0 Å². The highest BCUT2D eigenvalue weighted by Crippen LogP contribution is 2.20. The molecule has 6 heteroatoms. The first-order valence-corrected chi connectivity index (χ1v) is 10.7. The molecule has 0 radical (unpaired) electrons. The first-order valence-electron chi connectivity index (χ1n) is 7.69. The van der Waals surface area contributed by atoms with Crippen molar-refractivity contribution in [2.75, 3.05) is 17.3 Å². The summed E-state index contributed by atoms with van der Waals surface area (Å²) in [5.74, 6) is 0.524. The predicted octanol–water partition coefficient (Wildman–Crippen LogP) is 3.99. The molecule has 0 heterocycles. The van der Waals surface area contributed by atoms with E-state index < -0.39 is 15.7 Å². The van der Waals surface area contributed by atoms with E-state index in [0.29, 0.717) is 12.1 Å². The fourth-order valence-electron chi connectivity index (χ4n) is 2.35. The highest BCUT2D eigenvalue weighted by Gasteiger charge is 2.21. The summed E-state index contributed by atoms with van der Waals surface area (Å²) in [6, 6.07) is 13.9. The number of hydrogen-bond donors (Lipinski definition) is 1. The minimum atomic E-state index is -3.46. The van der Waals surface area contributed by atoms with Crippen LogP contribution in [0.4, 0.5) is 5.69 Å². The average Bonchev–Trinajstić information content (AvgIpc) is 2.57. The van der Waals surface area contributed by atoms with E-state index in [0.717, 1.165) is 5.75 Å². The SMILES string of the molecule is CCCS(=O)(=O)c1ccccc1C(=O)Nc1ccc(CSC)cc1. The standard InChI is InChI=1S/C18H21NO3S2/c1-3-12-24(21,22)17-7-5-4-6-16(17)18(20)19-15-10-8-14(9-11-15)13-23-2/h4-11H,3,12-13H2,1-2H3,(H,19,20). The minimum Gasteiger partial charge on any atom is -0.322 e. The highest BCUT2D eigenvalue weighted by molar-refractivity contribution is 7.97. The molecule has 0 saturated heterocycles. The molecule has 2 aromatic rings. The molecule has 0 bridgehead atoms. The van der Waals surface area contributed by atoms with Crippen molar-refractivity contribution in [1.82, 2.24) is 0 Å². The Morgan fingerprint density at radius 1 is 1.08 bits per heavy atom. The summed E-state index contributed by atoms with van der Waals surface area (Å²) in [7, 11) is -3.46. The van der Waals surface area contributed by atoms with E-state index >= 15 is 0 Å². The van der Waals surface area contributed by atoms with E-state index in [9.17, 15) is 13.2 Å². The molecule has 1 amide bonds. The van der Waals surface area contributed by atoms with Gasteiger partial charge in [-0.2, -0.15) is 11.8 Å². The topological polar surface area (TPSA) is 63.2 Å². The number of hydrogen-bond acceptors (Lipinski definition) is 4. The summed E-state index contributed by atoms with van der Waals surface area (Å²) in [6.45, 7) is 1.80. The third-order valence-corrected chi connectivity index (χ3v) is 6.06. The van der Waals surface area contributed by atoms with Crippen LogP contribution in [-0.2, 0) is 15.6 Å². The summed E-state index contributed by atoms with van der Waals surface area (Å²) in [5, 5.41) is 2.77. The maximum atomic E-state index is 12.5. The van der Waals surface area contributed by atoms with Gasteiger partial charge in [0.2, 0.25) is 0 Å². The third kappa shape index (κ3) is 4.61. The van der Waals surface area contributed by atoms with Gasteiger partial charge in [-0.25, -0.2) is 8.42 Å². The lowest BCUT2D eigenvalue weighted by atomic mass is 10.2. The Kier molecular flexibility index (Phi) is 6.45. The summed E-state index contributed by atoms with van der Waals surface area (Å²) in [5.41, 5.74) is 2.00. The Hall–Kier alpha value is -1.79. The van der Waals surface area contributed by atoms with Gasteiger partial charge in [0.25, 0.3) is 5.91 Å². The number of benzene rings is 2. The molecule has 0 aromatic heterocycles. The number of anilines is 1. The Morgan fingerprint density at radius 3 is 2.38 bits per heavy atom. The van der Waals surface area contributed by atoms with Crippen molar-refractivity contribution < 1.29 is 13.2 Å². The number of sulfone groups is 1. The fourth-order valence-corrected chi connectivity index (χ4v) is 4.42. The smallest absolute Gasteiger partial charge is 0.256 e. The fraction of sp³-hybridized carbons (Fsp3) is 0.278. The number of carbonyl (C=O) groups is 1. The Labute approximate surface area is 147 Å². The normalized spacial score (nSPS) is 11.2. The quantitative estimate of drug-likeness (QED) is 0.808. The van der Waals surface area contributed by atoms with Crippen LogP contribution >= 0.6 is 11.8 Å². The van der Waals surface area contributed by atoms with Crippen LogP contribution < -0.4 is 5.32 Å². The average molecular weight is 364 g/mol. The van der Waals surface area contributed by atoms with Gasteiger partial charge in [-0.05, 0) is 42.5 Å². The lowest BCUT2D eigenvalue weighted by molar-refractivity contribution is 0.102. The van der Waals surface area contributed by atoms with Crippen molar-refractivity contribution in [1.29, 1.82) is 0 Å². The summed E-state index contributed by atoms with van der Waals surface area (Å²) < 4.78 is 24.7. The molecule has 0 aliphatic heterocycles. The van der Waals surface area contributed by atoms with Crippen LogP contribution in [0.5, 0.6) is 0 Å². The van der Waals surface area contributed by atoms with E-state index in [1.54, 1.807) is 36.9 Å². The van der Waals surface area contributed by atoms with E-state index in [-0.39, 0.29) is 16.2 Å². The van der Waals surface area contributed by atoms with E-state index in [2.05, 4.69) is 5.32 Å². The maximum absolute atomic E-state index is 12.5. The maximum Gasteiger partial charge on any atom is 0.256 e. The van der Waals surface area contributed by atoms with E-state index in [1.807, 2.05) is 30.5 Å². The van der Waals surface area contributed by atoms with Crippen LogP contribution in [0.15, 0.2) is 53.4 Å². The second-order valence-electron chi connectivity index (χ2n) is 5.40. The Morgan fingerprint density at radius 2 is 1.75 bits per heavy atom. The van der Waals surface area contributed by atoms with Crippen LogP contribution in [0.25, 0.3) is 0 Å². The predicted molar refractivity (Wildman–Crippen MR) is 100 cm³/mol. The first-order chi connectivity index (χ1) is 11.5. The Balaban J connectivity index is 2.24. The van der Waals surface area contributed by atoms with Crippen molar-refractivity contribution in [2.45, 2.75) is 24.0 Å². The number of rotatable bonds is 7. The largest absolute Gasteiger partial charge is 0.322 e. The molecule has 0 fully saturated rings. The van der Waals surface area contributed by atoms with Gasteiger partial charge < -0.3 is 5.32 Å². The molecule has 0 spiro atoms. The zero-order chi connectivity index (χ0) is 17.6. The molecule has 0 aliphatic rings. The molecule has 0 aliphatic carbocycles. The van der Waals surface area contributed by atoms with Crippen molar-refractivity contribution >= 4 is 33.2 Å². The van der Waals surface area contributed by atoms with Gasteiger partial charge in [-0.15, -0.1) is 0 Å². The van der Waals surface area contributed by atoms with Crippen molar-refractivity contribution in [2.24, 2.45) is 0 Å². The molecule has 4 nitrogen and oxygen atoms in total. The zero-order valence-electron chi connectivity index (χ0n) is 13.8. The van der Waals surface area contributed by atoms with Crippen molar-refractivity contribution in [3.05, 3.63) is 59.7 Å². The molecular weight excluding hydrogens is 342 g/mol. The number of nitrogens with one attached hydrogen (secondary N) is 1. The number of thioether (sulfide) groups is 1. The molecule has 0 saturated carbocycles. The summed E-state index contributed by atoms with van der Waals surface area (Å²) in [4.78, 5) is 12.6. The van der Waals surface area contributed by atoms with Gasteiger partial charge in [-0.3, -0.25) is 4.79 Å². The Bertz CT molecular complexity index is 799. The second-order valence-corrected chi connectivity index (χ2v) is 8.34. The van der Waals surface area contributed by atoms with Crippen LogP contribution in [0.1, 0.15) is 29.3 Å². The van der Waals surface area contributed by atoms with Gasteiger partial charge in [-0.1, -0.05) is 31.2 Å². The van der Waals surface area contributed by atoms with Crippen molar-refractivity contribution in [3.8, 4) is 0 Å². The van der Waals surface area contributed by atoms with Crippen LogP contribution in [-0.4, -0.2) is 26.3 Å². The molecule has 1 N–H and O–H groups in total. The number of amides is 1. The summed E-state index contributed by atoms with van der Waals surface area (Å²) >= 11 is 1.73. The van der Waals surface area contributed by atoms with Gasteiger partial charge in [0.05, 0.1) is 16.2 Å². The molecular formula is C18H21NO3S2. The molecule has 2 rings (SSSR count). The second kappa shape index (κ2) is 8.35. The zero-order valence-corrected chi connectivity index (χ0v) is 15.4. The van der Waals surface area contributed by atoms with E-state index in [1.165, 1.54) is 11.6 Å². The molecule has 0 unspecified atom stereocenters. The van der Waals surface area contributed by atoms with Gasteiger partial charge in [0.1, 0.15) is 0 Å². The molecule has 0 atom stereocenters. The molecule has 24 heavy (non-hydrogen) atoms. The molecule has 128 valence electrons. The minimum absolute atomic E-state index is 0.0284. The van der Waals surface area contributed by atoms with Crippen LogP contribution in [0.3, 0.4) is 0 Å². The lowest BCUT2D eigenvalue weighted by Crippen LogP contribution is -2.17. The number of carbonyl (C=O) groups excluding carboxylic acids is 1. The van der Waals surface area contributed by atoms with Gasteiger partial charge >= 0.3 is 0 Å². The summed E-state index contributed by atoms with van der Waals surface area (Å²) in [6.07, 6.45) is 2.54. The first kappa shape index (κ1) is 18.5. The van der Waals surface area contributed by atoms with Gasteiger partial charge in [0.15, 0.2) is 9.84 Å². The van der Waals surface area contributed by atoms with E-state index in [4.69, 9.17) is 0 Å². The van der Waals surface area contributed by atoms with Crippen LogP contribution in [0.2, 0.25) is 0 Å². The molecule has 2 aromatic carbocycles. The lowest BCUT2D eigenvalue weighted by Gasteiger charge is -2.11. The van der Waals surface area contributed by atoms with Crippen LogP contribution in [0, 0.1) is 0 Å². The third-order valence-electron chi connectivity index (χ3n) is 3.46. The highest BCUT2D eigenvalue weighted by atomic mass is 32.2. The monoisotopic (exact) mass is 363 g/mol.